The minimum Gasteiger partial charge on any atom is -0.273 e. The van der Waals surface area contributed by atoms with E-state index in [2.05, 4.69) is 0 Å². The van der Waals surface area contributed by atoms with Gasteiger partial charge >= 0.3 is 0 Å². The van der Waals surface area contributed by atoms with Crippen LogP contribution >= 0.6 is 0 Å². The average molecular weight is 416 g/mol. The number of rotatable bonds is 3. The van der Waals surface area contributed by atoms with Gasteiger partial charge in [-0.3, -0.25) is 14.4 Å². The van der Waals surface area contributed by atoms with Gasteiger partial charge in [-0.1, -0.05) is 48.5 Å². The molecule has 5 nitrogen and oxygen atoms in total. The summed E-state index contributed by atoms with van der Waals surface area (Å²) in [6.45, 7) is 3.76. The Morgan fingerprint density at radius 1 is 0.806 bits per heavy atom. The smallest absolute Gasteiger partial charge is 0.266 e. The van der Waals surface area contributed by atoms with Crippen LogP contribution in [0.4, 0.5) is 15.8 Å². The summed E-state index contributed by atoms with van der Waals surface area (Å²) in [6, 6.07) is 20.4. The molecule has 2 fully saturated rings. The largest absolute Gasteiger partial charge is 0.273 e. The predicted molar refractivity (Wildman–Crippen MR) is 115 cm³/mol. The standard InChI is InChI=1S/C25H21FN2O3/c1-15-7-6-8-16(2)21(15)27-24(29)20-22(17-11-13-18(26)14-12-17)28(31-23(20)25(27)30)19-9-4-3-5-10-19/h3-14,20,22-23H,1-2H3/t20-,22+,23+/m1/s1. The van der Waals surface area contributed by atoms with Gasteiger partial charge in [0.1, 0.15) is 11.7 Å². The van der Waals surface area contributed by atoms with Crippen molar-refractivity contribution in [1.29, 1.82) is 0 Å². The van der Waals surface area contributed by atoms with Crippen molar-refractivity contribution >= 4 is 23.2 Å². The molecular weight excluding hydrogens is 395 g/mol. The SMILES string of the molecule is Cc1cccc(C)c1N1C(=O)[C@H]2[C@H](ON(c3ccccc3)[C@H]2c2ccc(F)cc2)C1=O. The maximum absolute atomic E-state index is 13.7. The third-order valence-corrected chi connectivity index (χ3v) is 6.00. The maximum Gasteiger partial charge on any atom is 0.266 e. The topological polar surface area (TPSA) is 49.9 Å². The number of amides is 2. The van der Waals surface area contributed by atoms with E-state index in [4.69, 9.17) is 4.84 Å². The number of anilines is 2. The highest BCUT2D eigenvalue weighted by Gasteiger charge is 2.60. The van der Waals surface area contributed by atoms with Gasteiger partial charge in [-0.15, -0.1) is 0 Å². The van der Waals surface area contributed by atoms with E-state index in [0.29, 0.717) is 11.3 Å². The summed E-state index contributed by atoms with van der Waals surface area (Å²) in [4.78, 5) is 34.4. The molecule has 31 heavy (non-hydrogen) atoms. The van der Waals surface area contributed by atoms with Crippen LogP contribution in [0.25, 0.3) is 0 Å². The Balaban J connectivity index is 1.61. The number of imide groups is 1. The van der Waals surface area contributed by atoms with E-state index in [0.717, 1.165) is 16.8 Å². The predicted octanol–water partition coefficient (Wildman–Crippen LogP) is 4.49. The number of nitrogens with zero attached hydrogens (tertiary/aromatic N) is 2. The molecule has 2 aliphatic heterocycles. The lowest BCUT2D eigenvalue weighted by Gasteiger charge is -2.29. The highest BCUT2D eigenvalue weighted by Crippen LogP contribution is 2.48. The lowest BCUT2D eigenvalue weighted by Crippen LogP contribution is -2.38. The fourth-order valence-corrected chi connectivity index (χ4v) is 4.59. The van der Waals surface area contributed by atoms with Crippen molar-refractivity contribution in [3.8, 4) is 0 Å². The molecule has 2 saturated heterocycles. The first-order valence-corrected chi connectivity index (χ1v) is 10.2. The van der Waals surface area contributed by atoms with Crippen molar-refractivity contribution in [2.75, 3.05) is 9.96 Å². The summed E-state index contributed by atoms with van der Waals surface area (Å²) >= 11 is 0. The van der Waals surface area contributed by atoms with E-state index >= 15 is 0 Å². The summed E-state index contributed by atoms with van der Waals surface area (Å²) in [5, 5.41) is 1.61. The number of carbonyl (C=O) groups excluding carboxylic acids is 2. The molecule has 0 N–H and O–H groups in total. The molecule has 156 valence electrons. The lowest BCUT2D eigenvalue weighted by atomic mass is 9.90. The number of aryl methyl sites for hydroxylation is 2. The maximum atomic E-state index is 13.7. The molecule has 6 heteroatoms. The second kappa shape index (κ2) is 7.32. The zero-order chi connectivity index (χ0) is 21.7. The van der Waals surface area contributed by atoms with Gasteiger partial charge < -0.3 is 0 Å². The van der Waals surface area contributed by atoms with Gasteiger partial charge in [0.05, 0.1) is 17.4 Å². The lowest BCUT2D eigenvalue weighted by molar-refractivity contribution is -0.126. The van der Waals surface area contributed by atoms with E-state index in [1.165, 1.54) is 17.0 Å². The Labute approximate surface area is 179 Å². The van der Waals surface area contributed by atoms with E-state index in [-0.39, 0.29) is 17.6 Å². The molecule has 0 spiro atoms. The van der Waals surface area contributed by atoms with Gasteiger partial charge in [-0.25, -0.2) is 14.4 Å². The molecule has 2 heterocycles. The van der Waals surface area contributed by atoms with Gasteiger partial charge in [0.2, 0.25) is 5.91 Å². The number of benzene rings is 3. The average Bonchev–Trinajstić information content (AvgIpc) is 3.27. The van der Waals surface area contributed by atoms with Crippen LogP contribution in [0.3, 0.4) is 0 Å². The Bertz CT molecular complexity index is 1140. The van der Waals surface area contributed by atoms with Crippen LogP contribution in [0, 0.1) is 25.6 Å². The van der Waals surface area contributed by atoms with Gasteiger partial charge in [-0.05, 0) is 54.8 Å². The monoisotopic (exact) mass is 416 g/mol. The molecule has 3 aromatic rings. The molecule has 0 aromatic heterocycles. The summed E-state index contributed by atoms with van der Waals surface area (Å²) in [7, 11) is 0. The number of para-hydroxylation sites is 2. The highest BCUT2D eigenvalue weighted by molar-refractivity contribution is 6.24. The summed E-state index contributed by atoms with van der Waals surface area (Å²) in [5.41, 5.74) is 3.74. The van der Waals surface area contributed by atoms with Gasteiger partial charge in [-0.2, -0.15) is 0 Å². The van der Waals surface area contributed by atoms with Crippen LogP contribution in [0.1, 0.15) is 22.7 Å². The van der Waals surface area contributed by atoms with Crippen LogP contribution in [-0.4, -0.2) is 17.9 Å². The molecule has 3 atom stereocenters. The van der Waals surface area contributed by atoms with Crippen molar-refractivity contribution in [2.45, 2.75) is 26.0 Å². The van der Waals surface area contributed by atoms with Crippen molar-refractivity contribution in [2.24, 2.45) is 5.92 Å². The first-order chi connectivity index (χ1) is 15.0. The van der Waals surface area contributed by atoms with E-state index < -0.39 is 18.1 Å². The molecular formula is C25H21FN2O3. The third-order valence-electron chi connectivity index (χ3n) is 6.00. The van der Waals surface area contributed by atoms with Crippen molar-refractivity contribution in [1.82, 2.24) is 0 Å². The van der Waals surface area contributed by atoms with Crippen LogP contribution < -0.4 is 9.96 Å². The van der Waals surface area contributed by atoms with Crippen molar-refractivity contribution < 1.29 is 18.8 Å². The molecule has 0 saturated carbocycles. The molecule has 2 aliphatic rings. The zero-order valence-electron chi connectivity index (χ0n) is 17.2. The van der Waals surface area contributed by atoms with Gasteiger partial charge in [0, 0.05) is 0 Å². The molecule has 3 aromatic carbocycles. The highest BCUT2D eigenvalue weighted by atomic mass is 19.1. The van der Waals surface area contributed by atoms with E-state index in [1.54, 1.807) is 17.2 Å². The normalized spacial score (nSPS) is 22.9. The second-order valence-corrected chi connectivity index (χ2v) is 7.96. The second-order valence-electron chi connectivity index (χ2n) is 7.96. The number of hydrogen-bond acceptors (Lipinski definition) is 4. The van der Waals surface area contributed by atoms with Crippen molar-refractivity contribution in [3.05, 3.63) is 95.3 Å². The number of halogens is 1. The molecule has 0 radical (unpaired) electrons. The number of carbonyl (C=O) groups is 2. The Hall–Kier alpha value is -3.51. The first kappa shape index (κ1) is 19.5. The fourth-order valence-electron chi connectivity index (χ4n) is 4.59. The third kappa shape index (κ3) is 3.02. The summed E-state index contributed by atoms with van der Waals surface area (Å²) in [6.07, 6.45) is -0.943. The Morgan fingerprint density at radius 3 is 2.10 bits per heavy atom. The number of hydrogen-bond donors (Lipinski definition) is 0. The quantitative estimate of drug-likeness (QED) is 0.590. The van der Waals surface area contributed by atoms with Crippen molar-refractivity contribution in [3.63, 3.8) is 0 Å². The van der Waals surface area contributed by atoms with Gasteiger partial charge in [0.25, 0.3) is 5.91 Å². The fraction of sp³-hybridized carbons (Fsp3) is 0.200. The summed E-state index contributed by atoms with van der Waals surface area (Å²) in [5.74, 6) is -1.79. The molecule has 0 bridgehead atoms. The minimum atomic E-state index is -0.943. The molecule has 2 amide bonds. The first-order valence-electron chi connectivity index (χ1n) is 10.2. The number of hydroxylamine groups is 1. The van der Waals surface area contributed by atoms with Crippen LogP contribution in [0.5, 0.6) is 0 Å². The molecule has 0 aliphatic carbocycles. The van der Waals surface area contributed by atoms with E-state index in [1.807, 2.05) is 62.4 Å². The van der Waals surface area contributed by atoms with Gasteiger partial charge in [0.15, 0.2) is 6.10 Å². The minimum absolute atomic E-state index is 0.305. The molecule has 5 rings (SSSR count). The zero-order valence-corrected chi connectivity index (χ0v) is 17.2. The van der Waals surface area contributed by atoms with Crippen LogP contribution in [0.2, 0.25) is 0 Å². The number of fused-ring (bicyclic) bond motifs is 1. The summed E-state index contributed by atoms with van der Waals surface area (Å²) < 4.78 is 13.6. The molecule has 0 unspecified atom stereocenters. The van der Waals surface area contributed by atoms with E-state index in [9.17, 15) is 14.0 Å². The Morgan fingerprint density at radius 2 is 1.45 bits per heavy atom. The van der Waals surface area contributed by atoms with Crippen LogP contribution in [0.15, 0.2) is 72.8 Å². The van der Waals surface area contributed by atoms with Crippen LogP contribution in [-0.2, 0) is 14.4 Å². The Kier molecular flexibility index (Phi) is 4.59.